The molecule has 1 aromatic rings. The van der Waals surface area contributed by atoms with Crippen molar-refractivity contribution in [3.8, 4) is 11.5 Å². The van der Waals surface area contributed by atoms with Gasteiger partial charge in [0.1, 0.15) is 11.3 Å². The minimum atomic E-state index is -2.02. The maximum absolute atomic E-state index is 11.2. The molecule has 0 aliphatic heterocycles. The molecule has 0 saturated carbocycles. The van der Waals surface area contributed by atoms with Crippen molar-refractivity contribution in [1.29, 1.82) is 0 Å². The SMILES string of the molecule is COc1c(O[Si](C)(C)C(C)(C)C)cccc1C(=O)O. The van der Waals surface area contributed by atoms with Crippen LogP contribution in [0.1, 0.15) is 31.1 Å². The van der Waals surface area contributed by atoms with E-state index in [1.54, 1.807) is 12.1 Å². The maximum Gasteiger partial charge on any atom is 0.339 e. The molecule has 19 heavy (non-hydrogen) atoms. The molecule has 0 amide bonds. The van der Waals surface area contributed by atoms with Gasteiger partial charge in [0.15, 0.2) is 5.75 Å². The van der Waals surface area contributed by atoms with E-state index in [1.165, 1.54) is 13.2 Å². The van der Waals surface area contributed by atoms with Gasteiger partial charge in [0, 0.05) is 0 Å². The van der Waals surface area contributed by atoms with Gasteiger partial charge < -0.3 is 14.3 Å². The molecular formula is C14H22O4Si. The van der Waals surface area contributed by atoms with Crippen molar-refractivity contribution in [3.63, 3.8) is 0 Å². The molecule has 1 aromatic carbocycles. The van der Waals surface area contributed by atoms with Gasteiger partial charge in [0.2, 0.25) is 0 Å². The summed E-state index contributed by atoms with van der Waals surface area (Å²) in [6.45, 7) is 10.6. The van der Waals surface area contributed by atoms with E-state index in [4.69, 9.17) is 14.3 Å². The summed E-state index contributed by atoms with van der Waals surface area (Å²) >= 11 is 0. The van der Waals surface area contributed by atoms with Gasteiger partial charge in [-0.15, -0.1) is 0 Å². The predicted molar refractivity (Wildman–Crippen MR) is 77.8 cm³/mol. The van der Waals surface area contributed by atoms with Gasteiger partial charge in [-0.1, -0.05) is 26.8 Å². The second kappa shape index (κ2) is 5.25. The van der Waals surface area contributed by atoms with Crippen molar-refractivity contribution >= 4 is 14.3 Å². The monoisotopic (exact) mass is 282 g/mol. The van der Waals surface area contributed by atoms with Gasteiger partial charge in [-0.25, -0.2) is 4.79 Å². The molecule has 106 valence electrons. The summed E-state index contributed by atoms with van der Waals surface area (Å²) in [6.07, 6.45) is 0. The number of methoxy groups -OCH3 is 1. The molecule has 4 nitrogen and oxygen atoms in total. The molecule has 1 rings (SSSR count). The second-order valence-corrected chi connectivity index (χ2v) is 10.7. The molecule has 0 aliphatic rings. The Morgan fingerprint density at radius 1 is 1.26 bits per heavy atom. The number of carbonyl (C=O) groups is 1. The van der Waals surface area contributed by atoms with Crippen LogP contribution in [0.2, 0.25) is 18.1 Å². The Morgan fingerprint density at radius 3 is 2.26 bits per heavy atom. The number of ether oxygens (including phenoxy) is 1. The van der Waals surface area contributed by atoms with Crippen LogP contribution in [0.3, 0.4) is 0 Å². The third kappa shape index (κ3) is 3.29. The van der Waals surface area contributed by atoms with Crippen LogP contribution in [0.4, 0.5) is 0 Å². The van der Waals surface area contributed by atoms with E-state index in [9.17, 15) is 4.79 Å². The Kier molecular flexibility index (Phi) is 4.30. The van der Waals surface area contributed by atoms with E-state index in [0.717, 1.165) is 0 Å². The molecule has 5 heteroatoms. The fraction of sp³-hybridized carbons (Fsp3) is 0.500. The lowest BCUT2D eigenvalue weighted by atomic mass is 10.2. The van der Waals surface area contributed by atoms with Crippen molar-refractivity contribution in [3.05, 3.63) is 23.8 Å². The second-order valence-electron chi connectivity index (χ2n) is 6.00. The van der Waals surface area contributed by atoms with Crippen LogP contribution < -0.4 is 9.16 Å². The van der Waals surface area contributed by atoms with Crippen molar-refractivity contribution in [2.24, 2.45) is 0 Å². The predicted octanol–water partition coefficient (Wildman–Crippen LogP) is 3.78. The number of para-hydroxylation sites is 1. The summed E-state index contributed by atoms with van der Waals surface area (Å²) in [6, 6.07) is 4.94. The Balaban J connectivity index is 3.22. The smallest absolute Gasteiger partial charge is 0.339 e. The molecule has 1 N–H and O–H groups in total. The van der Waals surface area contributed by atoms with Gasteiger partial charge >= 0.3 is 5.97 Å². The summed E-state index contributed by atoms with van der Waals surface area (Å²) in [4.78, 5) is 11.2. The van der Waals surface area contributed by atoms with Gasteiger partial charge in [-0.05, 0) is 30.3 Å². The summed E-state index contributed by atoms with van der Waals surface area (Å²) in [7, 11) is -0.565. The highest BCUT2D eigenvalue weighted by molar-refractivity contribution is 6.74. The average Bonchev–Trinajstić information content (AvgIpc) is 2.26. The molecule has 0 aromatic heterocycles. The third-order valence-corrected chi connectivity index (χ3v) is 7.93. The van der Waals surface area contributed by atoms with Crippen LogP contribution in [0.25, 0.3) is 0 Å². The van der Waals surface area contributed by atoms with Crippen molar-refractivity contribution < 1.29 is 19.1 Å². The first-order chi connectivity index (χ1) is 8.60. The van der Waals surface area contributed by atoms with Crippen LogP contribution >= 0.6 is 0 Å². The van der Waals surface area contributed by atoms with E-state index < -0.39 is 14.3 Å². The highest BCUT2D eigenvalue weighted by Crippen LogP contribution is 2.40. The largest absolute Gasteiger partial charge is 0.541 e. The number of rotatable bonds is 4. The zero-order valence-corrected chi connectivity index (χ0v) is 13.4. The first-order valence-electron chi connectivity index (χ1n) is 6.19. The topological polar surface area (TPSA) is 55.8 Å². The Morgan fingerprint density at radius 2 is 1.84 bits per heavy atom. The summed E-state index contributed by atoms with van der Waals surface area (Å²) in [5.41, 5.74) is 0.124. The molecule has 0 bridgehead atoms. The maximum atomic E-state index is 11.2. The van der Waals surface area contributed by atoms with Gasteiger partial charge in [0.05, 0.1) is 7.11 Å². The molecule has 0 heterocycles. The number of hydrogen-bond donors (Lipinski definition) is 1. The molecular weight excluding hydrogens is 260 g/mol. The van der Waals surface area contributed by atoms with E-state index in [0.29, 0.717) is 11.5 Å². The van der Waals surface area contributed by atoms with Gasteiger partial charge in [-0.2, -0.15) is 0 Å². The van der Waals surface area contributed by atoms with E-state index in [2.05, 4.69) is 33.9 Å². The molecule has 0 radical (unpaired) electrons. The summed E-state index contributed by atoms with van der Waals surface area (Å²) in [5.74, 6) is -0.216. The lowest BCUT2D eigenvalue weighted by Crippen LogP contribution is -2.44. The third-order valence-electron chi connectivity index (χ3n) is 3.58. The molecule has 0 saturated heterocycles. The van der Waals surface area contributed by atoms with Crippen molar-refractivity contribution in [2.75, 3.05) is 7.11 Å². The number of aromatic carboxylic acids is 1. The number of carboxylic acids is 1. The molecule has 0 fully saturated rings. The van der Waals surface area contributed by atoms with E-state index in [1.807, 2.05) is 0 Å². The van der Waals surface area contributed by atoms with Crippen molar-refractivity contribution in [1.82, 2.24) is 0 Å². The highest BCUT2D eigenvalue weighted by Gasteiger charge is 2.39. The fourth-order valence-electron chi connectivity index (χ4n) is 1.40. The fourth-order valence-corrected chi connectivity index (χ4v) is 2.42. The Hall–Kier alpha value is -1.49. The Bertz CT molecular complexity index is 475. The minimum absolute atomic E-state index is 0.0389. The van der Waals surface area contributed by atoms with Crippen LogP contribution in [-0.2, 0) is 0 Å². The van der Waals surface area contributed by atoms with Gasteiger partial charge in [-0.3, -0.25) is 0 Å². The quantitative estimate of drug-likeness (QED) is 0.854. The minimum Gasteiger partial charge on any atom is -0.541 e. The molecule has 0 spiro atoms. The average molecular weight is 282 g/mol. The zero-order valence-electron chi connectivity index (χ0n) is 12.4. The van der Waals surface area contributed by atoms with Crippen molar-refractivity contribution in [2.45, 2.75) is 38.9 Å². The number of carboxylic acid groups (broad SMARTS) is 1. The summed E-state index contributed by atoms with van der Waals surface area (Å²) < 4.78 is 11.3. The molecule has 0 atom stereocenters. The van der Waals surface area contributed by atoms with Crippen LogP contribution in [-0.4, -0.2) is 26.5 Å². The normalized spacial score (nSPS) is 12.1. The molecule has 0 aliphatic carbocycles. The lowest BCUT2D eigenvalue weighted by Gasteiger charge is -2.36. The Labute approximate surface area is 115 Å². The zero-order chi connectivity index (χ0) is 14.8. The van der Waals surface area contributed by atoms with Crippen LogP contribution in [0.15, 0.2) is 18.2 Å². The number of benzene rings is 1. The van der Waals surface area contributed by atoms with Crippen LogP contribution in [0, 0.1) is 0 Å². The number of hydrogen-bond acceptors (Lipinski definition) is 3. The van der Waals surface area contributed by atoms with Crippen LogP contribution in [0.5, 0.6) is 11.5 Å². The standard InChI is InChI=1S/C14H22O4Si/c1-14(2,3)19(5,6)18-11-9-7-8-10(13(15)16)12(11)17-4/h7-9H,1-6H3,(H,15,16). The lowest BCUT2D eigenvalue weighted by molar-refractivity contribution is 0.0692. The van der Waals surface area contributed by atoms with E-state index >= 15 is 0 Å². The molecule has 0 unspecified atom stereocenters. The van der Waals surface area contributed by atoms with E-state index in [-0.39, 0.29) is 10.6 Å². The first-order valence-corrected chi connectivity index (χ1v) is 9.10. The first kappa shape index (κ1) is 15.6. The highest BCUT2D eigenvalue weighted by atomic mass is 28.4. The van der Waals surface area contributed by atoms with Gasteiger partial charge in [0.25, 0.3) is 8.32 Å². The summed E-state index contributed by atoms with van der Waals surface area (Å²) in [5, 5.41) is 9.19.